The number of nitrogens with one attached hydrogen (secondary N) is 1. The highest BCUT2D eigenvalue weighted by Gasteiger charge is 2.22. The van der Waals surface area contributed by atoms with Crippen molar-refractivity contribution in [2.45, 2.75) is 12.5 Å². The van der Waals surface area contributed by atoms with Gasteiger partial charge in [-0.05, 0) is 20.0 Å². The second-order valence-corrected chi connectivity index (χ2v) is 4.34. The summed E-state index contributed by atoms with van der Waals surface area (Å²) >= 11 is 5.67. The Labute approximate surface area is 98.8 Å². The van der Waals surface area contributed by atoms with Crippen molar-refractivity contribution in [3.63, 3.8) is 0 Å². The van der Waals surface area contributed by atoms with Gasteiger partial charge in [0.05, 0.1) is 12.4 Å². The molecule has 0 radical (unpaired) electrons. The molecule has 1 aliphatic rings. The zero-order valence-electron chi connectivity index (χ0n) is 8.98. The molecule has 1 N–H and O–H groups in total. The molecule has 1 saturated heterocycles. The van der Waals surface area contributed by atoms with Crippen molar-refractivity contribution < 1.29 is 4.79 Å². The second kappa shape index (κ2) is 4.76. The Morgan fingerprint density at radius 3 is 3.06 bits per heavy atom. The van der Waals surface area contributed by atoms with E-state index < -0.39 is 0 Å². The molecule has 0 aromatic carbocycles. The van der Waals surface area contributed by atoms with Gasteiger partial charge in [0.2, 0.25) is 0 Å². The lowest BCUT2D eigenvalue weighted by molar-refractivity contribution is 0.0933. The maximum absolute atomic E-state index is 11.8. The van der Waals surface area contributed by atoms with Crippen LogP contribution in [0.2, 0.25) is 5.15 Å². The lowest BCUT2D eigenvalue weighted by Crippen LogP contribution is -2.36. The van der Waals surface area contributed by atoms with Crippen LogP contribution in [-0.4, -0.2) is 47.0 Å². The SMILES string of the molecule is CN1CCC(NC(=O)c2cncc(Cl)n2)C1. The molecule has 5 nitrogen and oxygen atoms in total. The number of aromatic nitrogens is 2. The molecule has 1 aromatic heterocycles. The molecule has 0 aliphatic carbocycles. The van der Waals surface area contributed by atoms with Gasteiger partial charge in [0, 0.05) is 12.6 Å². The number of halogens is 1. The Morgan fingerprint density at radius 2 is 2.44 bits per heavy atom. The summed E-state index contributed by atoms with van der Waals surface area (Å²) in [4.78, 5) is 21.7. The highest BCUT2D eigenvalue weighted by atomic mass is 35.5. The van der Waals surface area contributed by atoms with E-state index >= 15 is 0 Å². The predicted octanol–water partition coefficient (Wildman–Crippen LogP) is 0.564. The highest BCUT2D eigenvalue weighted by Crippen LogP contribution is 2.08. The quantitative estimate of drug-likeness (QED) is 0.821. The first kappa shape index (κ1) is 11.3. The summed E-state index contributed by atoms with van der Waals surface area (Å²) in [6.45, 7) is 1.88. The minimum absolute atomic E-state index is 0.193. The smallest absolute Gasteiger partial charge is 0.271 e. The zero-order chi connectivity index (χ0) is 11.5. The van der Waals surface area contributed by atoms with E-state index in [1.54, 1.807) is 0 Å². The van der Waals surface area contributed by atoms with E-state index in [1.165, 1.54) is 12.4 Å². The van der Waals surface area contributed by atoms with Gasteiger partial charge < -0.3 is 10.2 Å². The summed E-state index contributed by atoms with van der Waals surface area (Å²) in [5.41, 5.74) is 0.266. The molecule has 1 aliphatic heterocycles. The molecule has 1 atom stereocenters. The minimum Gasteiger partial charge on any atom is -0.347 e. The predicted molar refractivity (Wildman–Crippen MR) is 60.4 cm³/mol. The van der Waals surface area contributed by atoms with Crippen LogP contribution in [0.5, 0.6) is 0 Å². The van der Waals surface area contributed by atoms with Crippen LogP contribution in [0.1, 0.15) is 16.9 Å². The molecule has 86 valence electrons. The van der Waals surface area contributed by atoms with Crippen molar-refractivity contribution in [2.24, 2.45) is 0 Å². The Morgan fingerprint density at radius 1 is 1.62 bits per heavy atom. The zero-order valence-corrected chi connectivity index (χ0v) is 9.74. The fourth-order valence-electron chi connectivity index (χ4n) is 1.76. The van der Waals surface area contributed by atoms with Gasteiger partial charge in [0.1, 0.15) is 10.8 Å². The Kier molecular flexibility index (Phi) is 3.36. The van der Waals surface area contributed by atoms with Gasteiger partial charge in [-0.25, -0.2) is 4.98 Å². The molecule has 0 bridgehead atoms. The molecule has 2 rings (SSSR count). The first-order valence-corrected chi connectivity index (χ1v) is 5.50. The highest BCUT2D eigenvalue weighted by molar-refractivity contribution is 6.29. The van der Waals surface area contributed by atoms with E-state index in [0.29, 0.717) is 0 Å². The third kappa shape index (κ3) is 2.68. The molecule has 16 heavy (non-hydrogen) atoms. The molecular formula is C10H13ClN4O. The number of likely N-dealkylation sites (tertiary alicyclic amines) is 1. The van der Waals surface area contributed by atoms with Crippen molar-refractivity contribution in [3.05, 3.63) is 23.2 Å². The van der Waals surface area contributed by atoms with Crippen molar-refractivity contribution >= 4 is 17.5 Å². The second-order valence-electron chi connectivity index (χ2n) is 3.95. The van der Waals surface area contributed by atoms with E-state index in [0.717, 1.165) is 19.5 Å². The van der Waals surface area contributed by atoms with Gasteiger partial charge in [0.15, 0.2) is 0 Å². The van der Waals surface area contributed by atoms with Crippen LogP contribution in [0.3, 0.4) is 0 Å². The molecule has 1 fully saturated rings. The molecule has 2 heterocycles. The molecule has 1 amide bonds. The van der Waals surface area contributed by atoms with Gasteiger partial charge in [0.25, 0.3) is 5.91 Å². The van der Waals surface area contributed by atoms with Crippen LogP contribution in [0.25, 0.3) is 0 Å². The third-order valence-corrected chi connectivity index (χ3v) is 2.75. The number of rotatable bonds is 2. The number of carbonyl (C=O) groups is 1. The van der Waals surface area contributed by atoms with E-state index in [2.05, 4.69) is 20.2 Å². The van der Waals surface area contributed by atoms with Gasteiger partial charge in [-0.1, -0.05) is 11.6 Å². The van der Waals surface area contributed by atoms with Crippen LogP contribution in [0, 0.1) is 0 Å². The number of carbonyl (C=O) groups excluding carboxylic acids is 1. The summed E-state index contributed by atoms with van der Waals surface area (Å²) in [5, 5.41) is 3.14. The number of nitrogens with zero attached hydrogens (tertiary/aromatic N) is 3. The summed E-state index contributed by atoms with van der Waals surface area (Å²) in [5.74, 6) is -0.213. The molecule has 6 heteroatoms. The van der Waals surface area contributed by atoms with Crippen molar-refractivity contribution in [1.82, 2.24) is 20.2 Å². The molecule has 0 spiro atoms. The molecule has 1 aromatic rings. The maximum atomic E-state index is 11.8. The monoisotopic (exact) mass is 240 g/mol. The van der Waals surface area contributed by atoms with Crippen LogP contribution in [-0.2, 0) is 0 Å². The van der Waals surface area contributed by atoms with Gasteiger partial charge in [-0.15, -0.1) is 0 Å². The van der Waals surface area contributed by atoms with E-state index in [4.69, 9.17) is 11.6 Å². The van der Waals surface area contributed by atoms with Crippen molar-refractivity contribution in [2.75, 3.05) is 20.1 Å². The van der Waals surface area contributed by atoms with Gasteiger partial charge >= 0.3 is 0 Å². The lowest BCUT2D eigenvalue weighted by Gasteiger charge is -2.12. The topological polar surface area (TPSA) is 58.1 Å². The van der Waals surface area contributed by atoms with Gasteiger partial charge in [-0.2, -0.15) is 0 Å². The van der Waals surface area contributed by atoms with E-state index in [9.17, 15) is 4.79 Å². The normalized spacial score (nSPS) is 21.0. The fourth-order valence-corrected chi connectivity index (χ4v) is 1.91. The Bertz CT molecular complexity index is 398. The molecule has 0 saturated carbocycles. The Hall–Kier alpha value is -1.20. The van der Waals surface area contributed by atoms with Crippen molar-refractivity contribution in [1.29, 1.82) is 0 Å². The lowest BCUT2D eigenvalue weighted by atomic mass is 10.2. The van der Waals surface area contributed by atoms with E-state index in [-0.39, 0.29) is 22.8 Å². The average Bonchev–Trinajstić information content (AvgIpc) is 2.64. The third-order valence-electron chi connectivity index (χ3n) is 2.56. The van der Waals surface area contributed by atoms with Crippen LogP contribution >= 0.6 is 11.6 Å². The first-order valence-electron chi connectivity index (χ1n) is 5.12. The molecular weight excluding hydrogens is 228 g/mol. The fraction of sp³-hybridized carbons (Fsp3) is 0.500. The summed E-state index contributed by atoms with van der Waals surface area (Å²) in [6, 6.07) is 0.193. The van der Waals surface area contributed by atoms with Gasteiger partial charge in [-0.3, -0.25) is 9.78 Å². The largest absolute Gasteiger partial charge is 0.347 e. The first-order chi connectivity index (χ1) is 7.65. The number of hydrogen-bond acceptors (Lipinski definition) is 4. The summed E-state index contributed by atoms with van der Waals surface area (Å²) in [6.07, 6.45) is 3.79. The number of amides is 1. The molecule has 1 unspecified atom stereocenters. The van der Waals surface area contributed by atoms with Crippen molar-refractivity contribution in [3.8, 4) is 0 Å². The minimum atomic E-state index is -0.213. The number of hydrogen-bond donors (Lipinski definition) is 1. The van der Waals surface area contributed by atoms with Crippen LogP contribution in [0.4, 0.5) is 0 Å². The standard InChI is InChI=1S/C10H13ClN4O/c1-15-3-2-7(6-15)13-10(16)8-4-12-5-9(11)14-8/h4-5,7H,2-3,6H2,1H3,(H,13,16). The number of likely N-dealkylation sites (N-methyl/N-ethyl adjacent to an activating group) is 1. The maximum Gasteiger partial charge on any atom is 0.271 e. The summed E-state index contributed by atoms with van der Waals surface area (Å²) in [7, 11) is 2.03. The van der Waals surface area contributed by atoms with E-state index in [1.807, 2.05) is 7.05 Å². The average molecular weight is 241 g/mol. The Balaban J connectivity index is 1.98. The van der Waals surface area contributed by atoms with Crippen LogP contribution in [0.15, 0.2) is 12.4 Å². The van der Waals surface area contributed by atoms with Crippen LogP contribution < -0.4 is 5.32 Å². The summed E-state index contributed by atoms with van der Waals surface area (Å²) < 4.78 is 0.